The van der Waals surface area contributed by atoms with E-state index in [4.69, 9.17) is 15.2 Å². The first-order valence-corrected chi connectivity index (χ1v) is 10.6. The molecule has 1 atom stereocenters. The number of hydrogen-bond acceptors (Lipinski definition) is 7. The molecule has 0 aliphatic rings. The number of ether oxygens (including phenoxy) is 2. The van der Waals surface area contributed by atoms with Crippen LogP contribution in [-0.2, 0) is 13.2 Å². The van der Waals surface area contributed by atoms with Crippen LogP contribution in [0.1, 0.15) is 22.5 Å². The highest BCUT2D eigenvalue weighted by molar-refractivity contribution is 5.95. The molecule has 188 valence electrons. The second-order valence-electron chi connectivity index (χ2n) is 7.59. The lowest BCUT2D eigenvalue weighted by atomic mass is 10.2. The molecule has 0 fully saturated rings. The van der Waals surface area contributed by atoms with Gasteiger partial charge in [0, 0.05) is 38.3 Å². The first-order valence-electron chi connectivity index (χ1n) is 10.6. The van der Waals surface area contributed by atoms with Gasteiger partial charge in [-0.2, -0.15) is 13.2 Å². The number of primary amides is 1. The van der Waals surface area contributed by atoms with Crippen LogP contribution in [0.4, 0.5) is 13.2 Å². The molecule has 0 saturated carbocycles. The minimum absolute atomic E-state index is 0.0326. The number of imidazole rings is 1. The van der Waals surface area contributed by atoms with Gasteiger partial charge < -0.3 is 35.3 Å². The van der Waals surface area contributed by atoms with Crippen molar-refractivity contribution in [1.29, 1.82) is 0 Å². The summed E-state index contributed by atoms with van der Waals surface area (Å²) in [6.45, 7) is 1.13. The highest BCUT2D eigenvalue weighted by atomic mass is 19.4. The monoisotopic (exact) mass is 494 g/mol. The number of rotatable bonds is 11. The number of aryl methyl sites for hydroxylation is 1. The van der Waals surface area contributed by atoms with Crippen LogP contribution in [0.25, 0.3) is 11.4 Å². The van der Waals surface area contributed by atoms with Gasteiger partial charge in [-0.3, -0.25) is 4.79 Å². The maximum Gasteiger partial charge on any atom is 0.434 e. The second-order valence-corrected chi connectivity index (χ2v) is 7.59. The van der Waals surface area contributed by atoms with Gasteiger partial charge >= 0.3 is 6.18 Å². The molecule has 0 radical (unpaired) electrons. The molecule has 0 aliphatic heterocycles. The van der Waals surface area contributed by atoms with E-state index in [9.17, 15) is 28.2 Å². The van der Waals surface area contributed by atoms with Crippen molar-refractivity contribution in [3.8, 4) is 28.6 Å². The number of aliphatic hydroxyl groups is 1. The summed E-state index contributed by atoms with van der Waals surface area (Å²) < 4.78 is 50.7. The minimum Gasteiger partial charge on any atom is -0.507 e. The number of nitrogens with zero attached hydrogens (tertiary/aromatic N) is 2. The third-order valence-corrected chi connectivity index (χ3v) is 4.90. The molecule has 0 aliphatic carbocycles. The Morgan fingerprint density at radius 2 is 1.86 bits per heavy atom. The Labute approximate surface area is 198 Å². The highest BCUT2D eigenvalue weighted by Gasteiger charge is 2.34. The first kappa shape index (κ1) is 25.8. The lowest BCUT2D eigenvalue weighted by molar-refractivity contribution is -0.140. The van der Waals surface area contributed by atoms with E-state index in [1.807, 2.05) is 0 Å². The van der Waals surface area contributed by atoms with Crippen molar-refractivity contribution in [2.24, 2.45) is 12.8 Å². The zero-order chi connectivity index (χ0) is 25.6. The Balaban J connectivity index is 1.40. The molecule has 35 heavy (non-hydrogen) atoms. The van der Waals surface area contributed by atoms with Gasteiger partial charge in [0.1, 0.15) is 29.7 Å². The smallest absolute Gasteiger partial charge is 0.434 e. The number of phenols is 1. The van der Waals surface area contributed by atoms with Crippen LogP contribution < -0.4 is 20.5 Å². The van der Waals surface area contributed by atoms with E-state index in [0.29, 0.717) is 30.2 Å². The largest absolute Gasteiger partial charge is 0.507 e. The molecule has 5 N–H and O–H groups in total. The predicted octanol–water partition coefficient (Wildman–Crippen LogP) is 2.67. The van der Waals surface area contributed by atoms with Gasteiger partial charge in [0.25, 0.3) is 5.91 Å². The molecule has 3 rings (SSSR count). The minimum atomic E-state index is -4.52. The molecule has 1 amide bonds. The van der Waals surface area contributed by atoms with Gasteiger partial charge in [-0.05, 0) is 42.5 Å². The van der Waals surface area contributed by atoms with Crippen LogP contribution in [0.15, 0.2) is 48.7 Å². The van der Waals surface area contributed by atoms with Crippen molar-refractivity contribution in [1.82, 2.24) is 14.9 Å². The molecule has 12 heteroatoms. The molecule has 1 unspecified atom stereocenters. The van der Waals surface area contributed by atoms with E-state index >= 15 is 0 Å². The van der Waals surface area contributed by atoms with Crippen molar-refractivity contribution in [2.45, 2.75) is 18.9 Å². The van der Waals surface area contributed by atoms with Crippen molar-refractivity contribution in [2.75, 3.05) is 19.7 Å². The Bertz CT molecular complexity index is 1150. The first-order chi connectivity index (χ1) is 16.5. The maximum absolute atomic E-state index is 12.8. The van der Waals surface area contributed by atoms with Gasteiger partial charge in [-0.25, -0.2) is 4.98 Å². The number of aliphatic hydroxyl groups excluding tert-OH is 1. The summed E-state index contributed by atoms with van der Waals surface area (Å²) >= 11 is 0. The van der Waals surface area contributed by atoms with Gasteiger partial charge in [-0.1, -0.05) is 0 Å². The number of halogens is 3. The fourth-order valence-electron chi connectivity index (χ4n) is 3.16. The molecular weight excluding hydrogens is 469 g/mol. The zero-order valence-electron chi connectivity index (χ0n) is 18.7. The van der Waals surface area contributed by atoms with Crippen LogP contribution in [0.2, 0.25) is 0 Å². The molecule has 2 aromatic carbocycles. The van der Waals surface area contributed by atoms with E-state index in [1.54, 1.807) is 24.3 Å². The molecule has 1 heterocycles. The van der Waals surface area contributed by atoms with Crippen LogP contribution in [-0.4, -0.2) is 51.7 Å². The van der Waals surface area contributed by atoms with Crippen LogP contribution in [0, 0.1) is 0 Å². The topological polar surface area (TPSA) is 132 Å². The number of amides is 1. The average Bonchev–Trinajstić information content (AvgIpc) is 3.19. The quantitative estimate of drug-likeness (QED) is 0.238. The Kier molecular flexibility index (Phi) is 8.20. The van der Waals surface area contributed by atoms with E-state index in [0.717, 1.165) is 6.20 Å². The van der Waals surface area contributed by atoms with Gasteiger partial charge in [0.2, 0.25) is 0 Å². The number of carbonyl (C=O) groups is 1. The summed E-state index contributed by atoms with van der Waals surface area (Å²) in [5.41, 5.74) is 4.65. The van der Waals surface area contributed by atoms with Crippen molar-refractivity contribution in [3.63, 3.8) is 0 Å². The number of carbonyl (C=O) groups excluding carboxylic acids is 1. The lowest BCUT2D eigenvalue weighted by Crippen LogP contribution is -2.27. The lowest BCUT2D eigenvalue weighted by Gasteiger charge is -2.14. The van der Waals surface area contributed by atoms with Crippen molar-refractivity contribution < 1.29 is 37.7 Å². The Morgan fingerprint density at radius 1 is 1.17 bits per heavy atom. The standard InChI is InChI=1S/C23H25F3N4O5/c1-30-13-19(23(24,25)26)29-22(30)14-2-4-15(5-3-14)35-20(32)8-9-28-10-11-34-16-6-7-18(31)17(12-16)21(27)33/h2-7,12-13,20,28,31-32H,8-11H2,1H3,(H2,27,33). The second kappa shape index (κ2) is 11.1. The SMILES string of the molecule is Cn1cc(C(F)(F)F)nc1-c1ccc(OC(O)CCNCCOc2ccc(O)c(C(N)=O)c2)cc1. The summed E-state index contributed by atoms with van der Waals surface area (Å²) in [5, 5.41) is 22.7. The van der Waals surface area contributed by atoms with E-state index in [-0.39, 0.29) is 30.2 Å². The average molecular weight is 494 g/mol. The van der Waals surface area contributed by atoms with Gasteiger partial charge in [0.15, 0.2) is 12.0 Å². The molecule has 0 bridgehead atoms. The third kappa shape index (κ3) is 7.11. The number of nitrogens with one attached hydrogen (secondary N) is 1. The highest BCUT2D eigenvalue weighted by Crippen LogP contribution is 2.31. The Hall–Kier alpha value is -3.77. The zero-order valence-corrected chi connectivity index (χ0v) is 18.7. The molecular formula is C23H25F3N4O5. The van der Waals surface area contributed by atoms with Gasteiger partial charge in [-0.15, -0.1) is 0 Å². The molecule has 0 spiro atoms. The summed E-state index contributed by atoms with van der Waals surface area (Å²) in [6.07, 6.45) is -4.44. The fourth-order valence-corrected chi connectivity index (χ4v) is 3.16. The molecule has 9 nitrogen and oxygen atoms in total. The van der Waals surface area contributed by atoms with Crippen molar-refractivity contribution in [3.05, 3.63) is 59.9 Å². The van der Waals surface area contributed by atoms with E-state index in [1.165, 1.54) is 29.8 Å². The number of alkyl halides is 3. The van der Waals surface area contributed by atoms with Crippen molar-refractivity contribution >= 4 is 5.91 Å². The number of aromatic nitrogens is 2. The summed E-state index contributed by atoms with van der Waals surface area (Å²) in [5.74, 6) is -0.0902. The van der Waals surface area contributed by atoms with E-state index in [2.05, 4.69) is 10.3 Å². The third-order valence-electron chi connectivity index (χ3n) is 4.90. The van der Waals surface area contributed by atoms with Crippen LogP contribution in [0.5, 0.6) is 17.2 Å². The Morgan fingerprint density at radius 3 is 2.49 bits per heavy atom. The van der Waals surface area contributed by atoms with Crippen LogP contribution >= 0.6 is 0 Å². The number of benzene rings is 2. The molecule has 1 aromatic heterocycles. The number of hydrogen-bond donors (Lipinski definition) is 4. The normalized spacial score (nSPS) is 12.4. The number of nitrogens with two attached hydrogens (primary N) is 1. The summed E-state index contributed by atoms with van der Waals surface area (Å²) in [6, 6.07) is 10.4. The predicted molar refractivity (Wildman–Crippen MR) is 120 cm³/mol. The number of aromatic hydroxyl groups is 1. The van der Waals surface area contributed by atoms with E-state index < -0.39 is 24.1 Å². The molecule has 3 aromatic rings. The summed E-state index contributed by atoms with van der Waals surface area (Å²) in [7, 11) is 1.48. The maximum atomic E-state index is 12.8. The van der Waals surface area contributed by atoms with Gasteiger partial charge in [0.05, 0.1) is 5.56 Å². The fraction of sp³-hybridized carbons (Fsp3) is 0.304. The van der Waals surface area contributed by atoms with Crippen LogP contribution in [0.3, 0.4) is 0 Å². The summed E-state index contributed by atoms with van der Waals surface area (Å²) in [4.78, 5) is 14.9. The molecule has 0 saturated heterocycles.